The number of rotatable bonds is 13. The first-order valence-corrected chi connectivity index (χ1v) is 13.9. The Hall–Kier alpha value is -4.34. The number of phenols is 1. The number of aromatic hydroxyl groups is 1. The molecule has 0 radical (unpaired) electrons. The average molecular weight is 582 g/mol. The van der Waals surface area contributed by atoms with Crippen LogP contribution < -0.4 is 10.1 Å². The molecule has 0 bridgehead atoms. The van der Waals surface area contributed by atoms with Crippen molar-refractivity contribution >= 4 is 22.6 Å². The third kappa shape index (κ3) is 8.34. The fourth-order valence-corrected chi connectivity index (χ4v) is 4.83. The summed E-state index contributed by atoms with van der Waals surface area (Å²) >= 11 is 0. The first-order valence-electron chi connectivity index (χ1n) is 13.9. The van der Waals surface area contributed by atoms with Crippen LogP contribution in [-0.4, -0.2) is 39.3 Å². The van der Waals surface area contributed by atoms with Gasteiger partial charge in [0.1, 0.15) is 23.8 Å². The molecule has 42 heavy (non-hydrogen) atoms. The number of ether oxygens (including phenoxy) is 1. The maximum absolute atomic E-state index is 12.8. The highest BCUT2D eigenvalue weighted by atomic mass is 19.4. The van der Waals surface area contributed by atoms with Crippen LogP contribution in [0.3, 0.4) is 0 Å². The standard InChI is InChI=1S/C32H34F3N3O4/c1-3-5-22(6-4-7-29(39)23-10-14-25(15-11-23)42-24-12-8-21(2)9-13-24)18-38-19-27-28(37-38)17-16-26(30(27)40)31(41)36-20-32(33,34)35/h8-17,19,22,40H,3-7,18,20H2,1-2H3,(H,36,41). The maximum Gasteiger partial charge on any atom is 0.405 e. The molecule has 0 aliphatic rings. The van der Waals surface area contributed by atoms with Crippen LogP contribution in [-0.2, 0) is 6.54 Å². The molecule has 1 unspecified atom stereocenters. The van der Waals surface area contributed by atoms with E-state index in [1.165, 1.54) is 12.1 Å². The number of halogens is 3. The number of phenolic OH excluding ortho intramolecular Hbond substituents is 1. The smallest absolute Gasteiger partial charge is 0.405 e. The van der Waals surface area contributed by atoms with Crippen LogP contribution in [0.2, 0.25) is 0 Å². The van der Waals surface area contributed by atoms with Crippen LogP contribution in [0.4, 0.5) is 13.2 Å². The van der Waals surface area contributed by atoms with Crippen molar-refractivity contribution < 1.29 is 32.6 Å². The Balaban J connectivity index is 1.32. The Labute approximate surface area is 242 Å². The van der Waals surface area contributed by atoms with E-state index in [1.807, 2.05) is 31.2 Å². The predicted molar refractivity (Wildman–Crippen MR) is 154 cm³/mol. The molecule has 2 N–H and O–H groups in total. The van der Waals surface area contributed by atoms with E-state index in [2.05, 4.69) is 12.0 Å². The number of nitrogens with one attached hydrogen (secondary N) is 1. The molecule has 4 aromatic rings. The molecule has 222 valence electrons. The van der Waals surface area contributed by atoms with E-state index in [9.17, 15) is 27.9 Å². The monoisotopic (exact) mass is 581 g/mol. The van der Waals surface area contributed by atoms with Crippen molar-refractivity contribution in [2.75, 3.05) is 6.54 Å². The highest BCUT2D eigenvalue weighted by Gasteiger charge is 2.28. The molecule has 1 amide bonds. The fraction of sp³-hybridized carbons (Fsp3) is 0.344. The lowest BCUT2D eigenvalue weighted by molar-refractivity contribution is -0.123. The molecule has 1 atom stereocenters. The minimum absolute atomic E-state index is 0.0539. The number of carbonyl (C=O) groups is 2. The molecular weight excluding hydrogens is 547 g/mol. The van der Waals surface area contributed by atoms with Gasteiger partial charge in [-0.05, 0) is 80.6 Å². The summed E-state index contributed by atoms with van der Waals surface area (Å²) in [6.45, 7) is 3.14. The maximum atomic E-state index is 12.8. The van der Waals surface area contributed by atoms with E-state index >= 15 is 0 Å². The van der Waals surface area contributed by atoms with Gasteiger partial charge in [0.25, 0.3) is 5.91 Å². The van der Waals surface area contributed by atoms with Crippen LogP contribution in [0.1, 0.15) is 65.3 Å². The van der Waals surface area contributed by atoms with Crippen LogP contribution in [0.25, 0.3) is 10.9 Å². The molecule has 1 heterocycles. The zero-order valence-corrected chi connectivity index (χ0v) is 23.6. The number of Topliss-reactive ketones (excluding diaryl/α,β-unsaturated/α-hetero) is 1. The van der Waals surface area contributed by atoms with Gasteiger partial charge in [0.2, 0.25) is 0 Å². The molecule has 3 aromatic carbocycles. The molecule has 0 saturated carbocycles. The van der Waals surface area contributed by atoms with Crippen molar-refractivity contribution in [3.63, 3.8) is 0 Å². The second kappa shape index (κ2) is 13.5. The van der Waals surface area contributed by atoms with E-state index < -0.39 is 24.4 Å². The summed E-state index contributed by atoms with van der Waals surface area (Å²) < 4.78 is 44.9. The van der Waals surface area contributed by atoms with Gasteiger partial charge in [0.05, 0.1) is 16.5 Å². The molecule has 10 heteroatoms. The lowest BCUT2D eigenvalue weighted by Crippen LogP contribution is -2.33. The number of nitrogens with zero attached hydrogens (tertiary/aromatic N) is 2. The Morgan fingerprint density at radius 2 is 1.67 bits per heavy atom. The summed E-state index contributed by atoms with van der Waals surface area (Å²) in [5.41, 5.74) is 1.96. The average Bonchev–Trinajstić information content (AvgIpc) is 3.37. The van der Waals surface area contributed by atoms with Gasteiger partial charge in [-0.3, -0.25) is 14.3 Å². The third-order valence-corrected chi connectivity index (χ3v) is 6.99. The Morgan fingerprint density at radius 3 is 2.31 bits per heavy atom. The van der Waals surface area contributed by atoms with Gasteiger partial charge in [-0.2, -0.15) is 18.3 Å². The summed E-state index contributed by atoms with van der Waals surface area (Å²) in [7, 11) is 0. The van der Waals surface area contributed by atoms with Gasteiger partial charge < -0.3 is 15.2 Å². The number of aromatic nitrogens is 2. The lowest BCUT2D eigenvalue weighted by Gasteiger charge is -2.16. The number of hydrogen-bond acceptors (Lipinski definition) is 5. The van der Waals surface area contributed by atoms with Crippen molar-refractivity contribution in [3.05, 3.63) is 83.6 Å². The number of amides is 1. The SMILES string of the molecule is CCCC(CCCC(=O)c1ccc(Oc2ccc(C)cc2)cc1)Cn1cc2c(O)c(C(=O)NCC(F)(F)F)ccc2n1. The first-order chi connectivity index (χ1) is 20.0. The van der Waals surface area contributed by atoms with Crippen molar-refractivity contribution in [2.24, 2.45) is 5.92 Å². The Morgan fingerprint density at radius 1 is 1.00 bits per heavy atom. The topological polar surface area (TPSA) is 93.5 Å². The summed E-state index contributed by atoms with van der Waals surface area (Å²) in [5, 5.41) is 17.1. The Bertz CT molecular complexity index is 1510. The number of carbonyl (C=O) groups excluding carboxylic acids is 2. The van der Waals surface area contributed by atoms with Crippen LogP contribution in [0.5, 0.6) is 17.2 Å². The summed E-state index contributed by atoms with van der Waals surface area (Å²) in [5.74, 6) is 0.240. The molecule has 0 saturated heterocycles. The number of fused-ring (bicyclic) bond motifs is 1. The van der Waals surface area contributed by atoms with Gasteiger partial charge >= 0.3 is 6.18 Å². The highest BCUT2D eigenvalue weighted by Crippen LogP contribution is 2.29. The number of ketones is 1. The van der Waals surface area contributed by atoms with Crippen LogP contribution >= 0.6 is 0 Å². The molecule has 0 aliphatic carbocycles. The number of aryl methyl sites for hydroxylation is 1. The molecule has 1 aromatic heterocycles. The molecule has 0 fully saturated rings. The van der Waals surface area contributed by atoms with Crippen molar-refractivity contribution in [3.8, 4) is 17.2 Å². The van der Waals surface area contributed by atoms with E-state index in [1.54, 1.807) is 40.5 Å². The van der Waals surface area contributed by atoms with Gasteiger partial charge in [-0.25, -0.2) is 0 Å². The zero-order chi connectivity index (χ0) is 30.3. The number of hydrogen-bond donors (Lipinski definition) is 2. The number of alkyl halides is 3. The summed E-state index contributed by atoms with van der Waals surface area (Å²) in [6, 6.07) is 17.6. The van der Waals surface area contributed by atoms with Gasteiger partial charge in [-0.15, -0.1) is 0 Å². The minimum atomic E-state index is -4.55. The molecule has 0 aliphatic heterocycles. The minimum Gasteiger partial charge on any atom is -0.506 e. The second-order valence-electron chi connectivity index (χ2n) is 10.5. The van der Waals surface area contributed by atoms with Crippen molar-refractivity contribution in [1.29, 1.82) is 0 Å². The molecular formula is C32H34F3N3O4. The van der Waals surface area contributed by atoms with E-state index in [0.717, 1.165) is 30.6 Å². The lowest BCUT2D eigenvalue weighted by atomic mass is 9.95. The van der Waals surface area contributed by atoms with Gasteiger partial charge in [-0.1, -0.05) is 31.0 Å². The van der Waals surface area contributed by atoms with Crippen molar-refractivity contribution in [2.45, 2.75) is 58.7 Å². The first kappa shape index (κ1) is 30.6. The fourth-order valence-electron chi connectivity index (χ4n) is 4.83. The predicted octanol–water partition coefficient (Wildman–Crippen LogP) is 7.60. The summed E-state index contributed by atoms with van der Waals surface area (Å²) in [6.07, 6.45) is 0.780. The molecule has 7 nitrogen and oxygen atoms in total. The quantitative estimate of drug-likeness (QED) is 0.159. The summed E-state index contributed by atoms with van der Waals surface area (Å²) in [4.78, 5) is 25.0. The van der Waals surface area contributed by atoms with Crippen molar-refractivity contribution in [1.82, 2.24) is 15.1 Å². The van der Waals surface area contributed by atoms with Crippen LogP contribution in [0.15, 0.2) is 66.9 Å². The van der Waals surface area contributed by atoms with E-state index in [0.29, 0.717) is 36.2 Å². The normalized spacial score (nSPS) is 12.3. The highest BCUT2D eigenvalue weighted by molar-refractivity contribution is 6.02. The van der Waals surface area contributed by atoms with Crippen LogP contribution in [0, 0.1) is 12.8 Å². The van der Waals surface area contributed by atoms with E-state index in [4.69, 9.17) is 4.74 Å². The zero-order valence-electron chi connectivity index (χ0n) is 23.6. The Kier molecular flexibility index (Phi) is 9.88. The third-order valence-electron chi connectivity index (χ3n) is 6.99. The largest absolute Gasteiger partial charge is 0.506 e. The number of benzene rings is 3. The molecule has 4 rings (SSSR count). The van der Waals surface area contributed by atoms with Gasteiger partial charge in [0.15, 0.2) is 5.78 Å². The van der Waals surface area contributed by atoms with E-state index in [-0.39, 0.29) is 22.7 Å². The van der Waals surface area contributed by atoms with Gasteiger partial charge in [0, 0.05) is 24.7 Å². The molecule has 0 spiro atoms. The second-order valence-corrected chi connectivity index (χ2v) is 10.5.